The molecule has 0 atom stereocenters. The van der Waals surface area contributed by atoms with E-state index in [1.54, 1.807) is 12.1 Å². The van der Waals surface area contributed by atoms with Crippen molar-refractivity contribution in [1.29, 1.82) is 0 Å². The molecular weight excluding hydrogens is 359 g/mol. The van der Waals surface area contributed by atoms with Gasteiger partial charge in [-0.3, -0.25) is 9.59 Å². The summed E-state index contributed by atoms with van der Waals surface area (Å²) in [6.45, 7) is 7.94. The van der Waals surface area contributed by atoms with Crippen molar-refractivity contribution in [3.05, 3.63) is 30.1 Å². The first-order chi connectivity index (χ1) is 13.4. The highest BCUT2D eigenvalue weighted by Crippen LogP contribution is 2.12. The van der Waals surface area contributed by atoms with Crippen LogP contribution in [0.4, 0.5) is 10.1 Å². The number of halogens is 1. The van der Waals surface area contributed by atoms with E-state index in [1.807, 2.05) is 13.8 Å². The minimum atomic E-state index is -0.557. The van der Waals surface area contributed by atoms with E-state index < -0.39 is 5.54 Å². The Morgan fingerprint density at radius 2 is 1.68 bits per heavy atom. The minimum Gasteiger partial charge on any atom is -0.335 e. The maximum absolute atomic E-state index is 13.2. The highest BCUT2D eigenvalue weighted by molar-refractivity contribution is 5.91. The quantitative estimate of drug-likeness (QED) is 0.424. The maximum atomic E-state index is 13.2. The molecule has 0 saturated carbocycles. The zero-order valence-corrected chi connectivity index (χ0v) is 16.7. The lowest BCUT2D eigenvalue weighted by molar-refractivity contribution is -1.00. The second-order valence-corrected chi connectivity index (χ2v) is 7.39. The second-order valence-electron chi connectivity index (χ2n) is 7.39. The fourth-order valence-corrected chi connectivity index (χ4v) is 3.51. The first-order valence-electron chi connectivity index (χ1n) is 9.91. The highest BCUT2D eigenvalue weighted by atomic mass is 19.1. The van der Waals surface area contributed by atoms with Crippen molar-refractivity contribution in [2.24, 2.45) is 0 Å². The predicted octanol–water partition coefficient (Wildman–Crippen LogP) is -1.14. The third kappa shape index (κ3) is 6.32. The van der Waals surface area contributed by atoms with Gasteiger partial charge in [0, 0.05) is 5.69 Å². The summed E-state index contributed by atoms with van der Waals surface area (Å²) in [5, 5.41) is 5.73. The van der Waals surface area contributed by atoms with Crippen LogP contribution >= 0.6 is 0 Å². The average molecular weight is 391 g/mol. The van der Waals surface area contributed by atoms with Crippen LogP contribution in [0.2, 0.25) is 0 Å². The number of carbonyl (C=O) groups is 2. The van der Waals surface area contributed by atoms with E-state index >= 15 is 0 Å². The number of carbonyl (C=O) groups excluding carboxylic acids is 2. The molecule has 0 aromatic heterocycles. The average Bonchev–Trinajstić information content (AvgIpc) is 2.68. The van der Waals surface area contributed by atoms with Crippen molar-refractivity contribution < 1.29 is 23.8 Å². The number of hydrogen-bond acceptors (Lipinski definition) is 2. The monoisotopic (exact) mass is 390 g/mol. The molecule has 0 radical (unpaired) electrons. The number of quaternary nitrogens is 2. The van der Waals surface area contributed by atoms with Gasteiger partial charge in [-0.15, -0.1) is 6.42 Å². The summed E-state index contributed by atoms with van der Waals surface area (Å²) < 4.78 is 13.2. The molecular formula is C21H31FN4O2+2. The second kappa shape index (κ2) is 10.2. The first kappa shape index (κ1) is 21.9. The Kier molecular flexibility index (Phi) is 7.97. The number of rotatable bonds is 8. The maximum Gasteiger partial charge on any atom is 0.279 e. The number of nitrogens with one attached hydrogen (secondary N) is 4. The van der Waals surface area contributed by atoms with Crippen LogP contribution < -0.4 is 20.4 Å². The van der Waals surface area contributed by atoms with Crippen LogP contribution in [0.25, 0.3) is 0 Å². The van der Waals surface area contributed by atoms with Crippen molar-refractivity contribution >= 4 is 17.5 Å². The van der Waals surface area contributed by atoms with E-state index in [9.17, 15) is 14.0 Å². The molecule has 0 aliphatic carbocycles. The van der Waals surface area contributed by atoms with Crippen molar-refractivity contribution in [2.45, 2.75) is 32.2 Å². The number of benzene rings is 1. The van der Waals surface area contributed by atoms with E-state index in [4.69, 9.17) is 6.42 Å². The van der Waals surface area contributed by atoms with Gasteiger partial charge in [-0.2, -0.15) is 0 Å². The Balaban J connectivity index is 1.74. The molecule has 1 aromatic rings. The molecule has 1 fully saturated rings. The first-order valence-corrected chi connectivity index (χ1v) is 9.91. The van der Waals surface area contributed by atoms with Crippen LogP contribution in [-0.2, 0) is 9.59 Å². The largest absolute Gasteiger partial charge is 0.335 e. The van der Waals surface area contributed by atoms with Gasteiger partial charge in [0.05, 0.1) is 0 Å². The summed E-state index contributed by atoms with van der Waals surface area (Å²) in [7, 11) is 0. The van der Waals surface area contributed by atoms with Gasteiger partial charge in [0.2, 0.25) is 0 Å². The minimum absolute atomic E-state index is 0.0241. The fraction of sp³-hybridized carbons (Fsp3) is 0.524. The van der Waals surface area contributed by atoms with E-state index in [0.29, 0.717) is 31.6 Å². The SMILES string of the molecule is C#CC(CC)(CC)NC(=O)C[NH+]1CC[NH+](CC(=O)Nc2cccc(F)c2)CC1. The van der Waals surface area contributed by atoms with E-state index in [-0.39, 0.29) is 17.6 Å². The van der Waals surface area contributed by atoms with Crippen LogP contribution in [0.15, 0.2) is 24.3 Å². The fourth-order valence-electron chi connectivity index (χ4n) is 3.51. The summed E-state index contributed by atoms with van der Waals surface area (Å²) in [5.41, 5.74) is -0.0901. The molecule has 4 N–H and O–H groups in total. The molecule has 1 heterocycles. The zero-order valence-electron chi connectivity index (χ0n) is 16.7. The van der Waals surface area contributed by atoms with Crippen molar-refractivity contribution in [3.8, 4) is 12.3 Å². The van der Waals surface area contributed by atoms with E-state index in [2.05, 4.69) is 16.6 Å². The third-order valence-corrected chi connectivity index (χ3v) is 5.46. The number of anilines is 1. The summed E-state index contributed by atoms with van der Waals surface area (Å²) in [6.07, 6.45) is 7.02. The Bertz CT molecular complexity index is 719. The van der Waals surface area contributed by atoms with Crippen molar-refractivity contribution in [2.75, 3.05) is 44.6 Å². The van der Waals surface area contributed by atoms with E-state index in [1.165, 1.54) is 17.0 Å². The third-order valence-electron chi connectivity index (χ3n) is 5.46. The number of terminal acetylenes is 1. The molecule has 1 aliphatic rings. The van der Waals surface area contributed by atoms with Gasteiger partial charge in [0.1, 0.15) is 37.5 Å². The molecule has 1 aliphatic heterocycles. The van der Waals surface area contributed by atoms with Crippen LogP contribution in [0, 0.1) is 18.2 Å². The van der Waals surface area contributed by atoms with Gasteiger partial charge in [0.15, 0.2) is 13.1 Å². The van der Waals surface area contributed by atoms with Crippen molar-refractivity contribution in [1.82, 2.24) is 5.32 Å². The molecule has 0 spiro atoms. The van der Waals surface area contributed by atoms with Gasteiger partial charge in [-0.05, 0) is 31.0 Å². The Morgan fingerprint density at radius 3 is 2.18 bits per heavy atom. The van der Waals surface area contributed by atoms with Crippen LogP contribution in [0.1, 0.15) is 26.7 Å². The number of hydrogen-bond donors (Lipinski definition) is 4. The topological polar surface area (TPSA) is 67.1 Å². The van der Waals surface area contributed by atoms with Gasteiger partial charge in [0.25, 0.3) is 11.8 Å². The standard InChI is InChI=1S/C21H29FN4O2/c1-4-21(5-2,6-3)24-20(28)16-26-12-10-25(11-13-26)15-19(27)23-18-9-7-8-17(22)14-18/h1,7-9,14H,5-6,10-13,15-16H2,2-3H3,(H,23,27)(H,24,28)/p+2. The lowest BCUT2D eigenvalue weighted by atomic mass is 9.94. The zero-order chi connectivity index (χ0) is 20.6. The van der Waals surface area contributed by atoms with Crippen molar-refractivity contribution in [3.63, 3.8) is 0 Å². The molecule has 0 bridgehead atoms. The Hall–Kier alpha value is -2.43. The molecule has 7 heteroatoms. The molecule has 1 saturated heterocycles. The smallest absolute Gasteiger partial charge is 0.279 e. The molecule has 6 nitrogen and oxygen atoms in total. The molecule has 152 valence electrons. The van der Waals surface area contributed by atoms with Gasteiger partial charge in [-0.25, -0.2) is 4.39 Å². The van der Waals surface area contributed by atoms with Gasteiger partial charge >= 0.3 is 0 Å². The molecule has 0 unspecified atom stereocenters. The Labute approximate surface area is 166 Å². The lowest BCUT2D eigenvalue weighted by Crippen LogP contribution is -3.28. The number of amides is 2. The van der Waals surface area contributed by atoms with Gasteiger partial charge in [-0.1, -0.05) is 25.8 Å². The Morgan fingerprint density at radius 1 is 1.11 bits per heavy atom. The number of piperazine rings is 1. The lowest BCUT2D eigenvalue weighted by Gasteiger charge is -2.31. The van der Waals surface area contributed by atoms with Crippen LogP contribution in [0.5, 0.6) is 0 Å². The molecule has 28 heavy (non-hydrogen) atoms. The molecule has 2 rings (SSSR count). The summed E-state index contributed by atoms with van der Waals surface area (Å²) in [5.74, 6) is 2.19. The summed E-state index contributed by atoms with van der Waals surface area (Å²) >= 11 is 0. The molecule has 1 aromatic carbocycles. The predicted molar refractivity (Wildman–Crippen MR) is 106 cm³/mol. The van der Waals surface area contributed by atoms with Crippen LogP contribution in [0.3, 0.4) is 0 Å². The summed E-state index contributed by atoms with van der Waals surface area (Å²) in [6, 6.07) is 5.88. The van der Waals surface area contributed by atoms with E-state index in [0.717, 1.165) is 31.1 Å². The normalized spacial score (nSPS) is 19.5. The highest BCUT2D eigenvalue weighted by Gasteiger charge is 2.30. The van der Waals surface area contributed by atoms with Crippen LogP contribution in [-0.4, -0.2) is 56.6 Å². The summed E-state index contributed by atoms with van der Waals surface area (Å²) in [4.78, 5) is 26.9. The van der Waals surface area contributed by atoms with Gasteiger partial charge < -0.3 is 20.4 Å². The molecule has 2 amide bonds.